The Balaban J connectivity index is 1.49. The normalized spacial score (nSPS) is 16.4. The second-order valence-corrected chi connectivity index (χ2v) is 6.78. The molecule has 0 bridgehead atoms. The molecule has 1 aliphatic heterocycles. The number of ether oxygens (including phenoxy) is 1. The molecule has 0 spiro atoms. The maximum atomic E-state index is 11.9. The fraction of sp³-hybridized carbons (Fsp3) is 0.353. The molecule has 0 saturated carbocycles. The minimum atomic E-state index is -0.445. The average molecular weight is 374 g/mol. The highest BCUT2D eigenvalue weighted by atomic mass is 32.2. The molecule has 1 fully saturated rings. The van der Waals surface area contributed by atoms with Crippen molar-refractivity contribution >= 4 is 23.4 Å². The molecule has 1 aromatic carbocycles. The van der Waals surface area contributed by atoms with Crippen molar-refractivity contribution in [3.8, 4) is 11.3 Å². The van der Waals surface area contributed by atoms with Crippen molar-refractivity contribution in [2.75, 3.05) is 18.9 Å². The molecule has 2 heterocycles. The number of benzene rings is 1. The van der Waals surface area contributed by atoms with Crippen LogP contribution < -0.4 is 5.32 Å². The molecule has 9 heteroatoms. The van der Waals surface area contributed by atoms with Crippen LogP contribution in [0.25, 0.3) is 11.3 Å². The predicted molar refractivity (Wildman–Crippen MR) is 96.8 cm³/mol. The van der Waals surface area contributed by atoms with E-state index in [1.54, 1.807) is 24.3 Å². The van der Waals surface area contributed by atoms with Crippen molar-refractivity contribution in [2.24, 2.45) is 0 Å². The van der Waals surface area contributed by atoms with Crippen molar-refractivity contribution in [2.45, 2.75) is 24.0 Å². The molecule has 1 N–H and O–H groups in total. The summed E-state index contributed by atoms with van der Waals surface area (Å²) in [5.74, 6) is 0.199. The first kappa shape index (κ1) is 18.3. The lowest BCUT2D eigenvalue weighted by atomic mass is 10.1. The van der Waals surface area contributed by atoms with Gasteiger partial charge in [0.2, 0.25) is 5.91 Å². The largest absolute Gasteiger partial charge is 0.376 e. The minimum Gasteiger partial charge on any atom is -0.376 e. The highest BCUT2D eigenvalue weighted by molar-refractivity contribution is 7.99. The van der Waals surface area contributed by atoms with Gasteiger partial charge in [0, 0.05) is 30.8 Å². The van der Waals surface area contributed by atoms with Crippen LogP contribution in [0.2, 0.25) is 0 Å². The fourth-order valence-corrected chi connectivity index (χ4v) is 3.17. The van der Waals surface area contributed by atoms with E-state index in [1.165, 1.54) is 23.9 Å². The zero-order valence-electron chi connectivity index (χ0n) is 14.0. The summed E-state index contributed by atoms with van der Waals surface area (Å²) in [5.41, 5.74) is 1.39. The minimum absolute atomic E-state index is 0.0305. The monoisotopic (exact) mass is 374 g/mol. The van der Waals surface area contributed by atoms with Crippen LogP contribution in [-0.2, 0) is 9.53 Å². The molecular formula is C17H18N4O4S. The molecule has 1 aliphatic rings. The molecule has 136 valence electrons. The van der Waals surface area contributed by atoms with Gasteiger partial charge in [-0.2, -0.15) is 0 Å². The van der Waals surface area contributed by atoms with Crippen LogP contribution in [0.5, 0.6) is 0 Å². The number of aromatic nitrogens is 2. The second kappa shape index (κ2) is 8.72. The molecule has 1 unspecified atom stereocenters. The van der Waals surface area contributed by atoms with Gasteiger partial charge in [0.15, 0.2) is 0 Å². The Bertz CT molecular complexity index is 761. The van der Waals surface area contributed by atoms with Crippen LogP contribution in [-0.4, -0.2) is 46.0 Å². The first-order valence-electron chi connectivity index (χ1n) is 8.21. The van der Waals surface area contributed by atoms with Gasteiger partial charge in [0.1, 0.15) is 5.03 Å². The number of rotatable bonds is 7. The van der Waals surface area contributed by atoms with Crippen molar-refractivity contribution in [1.82, 2.24) is 15.5 Å². The van der Waals surface area contributed by atoms with Crippen LogP contribution >= 0.6 is 11.8 Å². The molecule has 3 rings (SSSR count). The van der Waals surface area contributed by atoms with E-state index in [1.807, 2.05) is 0 Å². The van der Waals surface area contributed by atoms with E-state index in [4.69, 9.17) is 4.74 Å². The van der Waals surface area contributed by atoms with Gasteiger partial charge in [0.25, 0.3) is 5.69 Å². The Hall–Kier alpha value is -2.52. The summed E-state index contributed by atoms with van der Waals surface area (Å²) in [4.78, 5) is 22.1. The van der Waals surface area contributed by atoms with E-state index in [0.29, 0.717) is 17.3 Å². The zero-order chi connectivity index (χ0) is 18.4. The lowest BCUT2D eigenvalue weighted by Crippen LogP contribution is -2.32. The molecule has 1 saturated heterocycles. The van der Waals surface area contributed by atoms with Crippen LogP contribution in [0.15, 0.2) is 41.4 Å². The standard InChI is InChI=1S/C17H18N4O4S/c22-16(18-10-14-2-1-9-25-14)11-26-17-8-7-15(19-20-17)12-3-5-13(6-4-12)21(23)24/h3-8,14H,1-2,9-11H2,(H,18,22). The van der Waals surface area contributed by atoms with E-state index in [2.05, 4.69) is 15.5 Å². The summed E-state index contributed by atoms with van der Waals surface area (Å²) in [7, 11) is 0. The summed E-state index contributed by atoms with van der Waals surface area (Å²) in [6.45, 7) is 1.32. The van der Waals surface area contributed by atoms with Crippen LogP contribution in [0, 0.1) is 10.1 Å². The van der Waals surface area contributed by atoms with Gasteiger partial charge in [0.05, 0.1) is 22.5 Å². The van der Waals surface area contributed by atoms with Crippen molar-refractivity contribution < 1.29 is 14.5 Å². The highest BCUT2D eigenvalue weighted by Gasteiger charge is 2.16. The number of amides is 1. The molecule has 0 aliphatic carbocycles. The lowest BCUT2D eigenvalue weighted by Gasteiger charge is -2.10. The summed E-state index contributed by atoms with van der Waals surface area (Å²) in [5, 5.41) is 22.4. The van der Waals surface area contributed by atoms with Gasteiger partial charge in [-0.25, -0.2) is 0 Å². The van der Waals surface area contributed by atoms with Crippen LogP contribution in [0.1, 0.15) is 12.8 Å². The Morgan fingerprint density at radius 2 is 2.08 bits per heavy atom. The number of carbonyl (C=O) groups excluding carboxylic acids is 1. The van der Waals surface area contributed by atoms with Gasteiger partial charge < -0.3 is 10.1 Å². The second-order valence-electron chi connectivity index (χ2n) is 5.79. The molecular weight excluding hydrogens is 356 g/mol. The van der Waals surface area contributed by atoms with Crippen LogP contribution in [0.3, 0.4) is 0 Å². The maximum Gasteiger partial charge on any atom is 0.269 e. The van der Waals surface area contributed by atoms with Crippen LogP contribution in [0.4, 0.5) is 5.69 Å². The first-order valence-corrected chi connectivity index (χ1v) is 9.20. The molecule has 2 aromatic rings. The number of carbonyl (C=O) groups is 1. The molecule has 1 aromatic heterocycles. The van der Waals surface area contributed by atoms with Crippen molar-refractivity contribution in [3.05, 3.63) is 46.5 Å². The van der Waals surface area contributed by atoms with E-state index in [0.717, 1.165) is 25.0 Å². The Morgan fingerprint density at radius 1 is 1.27 bits per heavy atom. The van der Waals surface area contributed by atoms with Crippen molar-refractivity contribution in [1.29, 1.82) is 0 Å². The summed E-state index contributed by atoms with van der Waals surface area (Å²) >= 11 is 1.31. The summed E-state index contributed by atoms with van der Waals surface area (Å²) < 4.78 is 5.46. The number of hydrogen-bond acceptors (Lipinski definition) is 7. The maximum absolute atomic E-state index is 11.9. The smallest absolute Gasteiger partial charge is 0.269 e. The van der Waals surface area contributed by atoms with Gasteiger partial charge in [-0.1, -0.05) is 11.8 Å². The van der Waals surface area contributed by atoms with Gasteiger partial charge in [-0.15, -0.1) is 10.2 Å². The average Bonchev–Trinajstić information content (AvgIpc) is 3.19. The molecule has 26 heavy (non-hydrogen) atoms. The predicted octanol–water partition coefficient (Wildman–Crippen LogP) is 2.44. The SMILES string of the molecule is O=C(CSc1ccc(-c2ccc([N+](=O)[O-])cc2)nn1)NCC1CCCO1. The topological polar surface area (TPSA) is 107 Å². The van der Waals surface area contributed by atoms with E-state index < -0.39 is 4.92 Å². The number of nitro groups is 1. The van der Waals surface area contributed by atoms with Gasteiger partial charge >= 0.3 is 0 Å². The number of thioether (sulfide) groups is 1. The van der Waals surface area contributed by atoms with Crippen molar-refractivity contribution in [3.63, 3.8) is 0 Å². The highest BCUT2D eigenvalue weighted by Crippen LogP contribution is 2.22. The molecule has 1 atom stereocenters. The van der Waals surface area contributed by atoms with Gasteiger partial charge in [-0.3, -0.25) is 14.9 Å². The third-order valence-corrected chi connectivity index (χ3v) is 4.84. The third-order valence-electron chi connectivity index (χ3n) is 3.92. The lowest BCUT2D eigenvalue weighted by molar-refractivity contribution is -0.384. The summed E-state index contributed by atoms with van der Waals surface area (Å²) in [6, 6.07) is 9.68. The Labute approximate surface area is 154 Å². The Morgan fingerprint density at radius 3 is 2.69 bits per heavy atom. The fourth-order valence-electron chi connectivity index (χ4n) is 2.53. The molecule has 0 radical (unpaired) electrons. The van der Waals surface area contributed by atoms with E-state index in [9.17, 15) is 14.9 Å². The quantitative estimate of drug-likeness (QED) is 0.450. The summed E-state index contributed by atoms with van der Waals surface area (Å²) in [6.07, 6.45) is 2.17. The third kappa shape index (κ3) is 4.99. The van der Waals surface area contributed by atoms with E-state index in [-0.39, 0.29) is 23.5 Å². The number of nitrogens with zero attached hydrogens (tertiary/aromatic N) is 3. The molecule has 8 nitrogen and oxygen atoms in total. The van der Waals surface area contributed by atoms with E-state index >= 15 is 0 Å². The number of non-ortho nitro benzene ring substituents is 1. The zero-order valence-corrected chi connectivity index (χ0v) is 14.8. The number of nitrogens with one attached hydrogen (secondary N) is 1. The first-order chi connectivity index (χ1) is 12.6. The molecule has 1 amide bonds. The number of nitro benzene ring substituents is 1. The van der Waals surface area contributed by atoms with Gasteiger partial charge in [-0.05, 0) is 37.1 Å². The Kier molecular flexibility index (Phi) is 6.13. The number of hydrogen-bond donors (Lipinski definition) is 1.